The van der Waals surface area contributed by atoms with Gasteiger partial charge in [-0.25, -0.2) is 4.79 Å². The summed E-state index contributed by atoms with van der Waals surface area (Å²) < 4.78 is 5.13. The number of ether oxygens (including phenoxy) is 1. The fourth-order valence-corrected chi connectivity index (χ4v) is 2.59. The Labute approximate surface area is 167 Å². The van der Waals surface area contributed by atoms with Crippen molar-refractivity contribution in [2.24, 2.45) is 0 Å². The van der Waals surface area contributed by atoms with Gasteiger partial charge in [0, 0.05) is 25.7 Å². The first-order valence-corrected chi connectivity index (χ1v) is 8.69. The number of amides is 1. The minimum absolute atomic E-state index is 0.0499. The number of nitrogens with zero attached hydrogens (tertiary/aromatic N) is 2. The van der Waals surface area contributed by atoms with Crippen molar-refractivity contribution >= 4 is 34.7 Å². The molecular weight excluding hydrogens is 378 g/mol. The molecular formula is C20H21N3O6. The molecule has 0 aliphatic carbocycles. The molecule has 0 aliphatic rings. The highest BCUT2D eigenvalue weighted by atomic mass is 16.6. The SMILES string of the molecule is CC(=O)c1ccccc1NC(=O)C(C)OC(=O)c1ccc(N(C)C)c([N+](=O)[O-])c1. The summed E-state index contributed by atoms with van der Waals surface area (Å²) in [4.78, 5) is 48.6. The maximum atomic E-state index is 12.4. The molecule has 1 amide bonds. The molecule has 0 aliphatic heterocycles. The molecule has 0 fully saturated rings. The van der Waals surface area contributed by atoms with Crippen molar-refractivity contribution in [1.82, 2.24) is 0 Å². The van der Waals surface area contributed by atoms with Crippen LogP contribution in [0.2, 0.25) is 0 Å². The predicted octanol–water partition coefficient (Wildman–Crippen LogP) is 3.05. The van der Waals surface area contributed by atoms with Crippen molar-refractivity contribution in [3.05, 3.63) is 63.7 Å². The lowest BCUT2D eigenvalue weighted by Crippen LogP contribution is -2.30. The third-order valence-electron chi connectivity index (χ3n) is 4.11. The number of ketones is 1. The van der Waals surface area contributed by atoms with Crippen LogP contribution in [0.4, 0.5) is 17.1 Å². The summed E-state index contributed by atoms with van der Waals surface area (Å²) in [6.07, 6.45) is -1.19. The highest BCUT2D eigenvalue weighted by Gasteiger charge is 2.23. The van der Waals surface area contributed by atoms with Crippen molar-refractivity contribution < 1.29 is 24.0 Å². The van der Waals surface area contributed by atoms with E-state index in [0.717, 1.165) is 6.07 Å². The third-order valence-corrected chi connectivity index (χ3v) is 4.11. The van der Waals surface area contributed by atoms with E-state index in [0.29, 0.717) is 16.9 Å². The van der Waals surface area contributed by atoms with Crippen molar-refractivity contribution in [3.63, 3.8) is 0 Å². The number of carbonyl (C=O) groups excluding carboxylic acids is 3. The van der Waals surface area contributed by atoms with Gasteiger partial charge in [-0.3, -0.25) is 19.7 Å². The number of hydrogen-bond donors (Lipinski definition) is 1. The Morgan fingerprint density at radius 2 is 1.79 bits per heavy atom. The number of anilines is 2. The maximum Gasteiger partial charge on any atom is 0.339 e. The molecule has 0 saturated carbocycles. The number of para-hydroxylation sites is 1. The zero-order chi connectivity index (χ0) is 21.7. The number of esters is 1. The minimum Gasteiger partial charge on any atom is -0.449 e. The van der Waals surface area contributed by atoms with Crippen LogP contribution in [0.15, 0.2) is 42.5 Å². The first-order chi connectivity index (χ1) is 13.6. The van der Waals surface area contributed by atoms with E-state index in [1.54, 1.807) is 43.3 Å². The van der Waals surface area contributed by atoms with E-state index in [-0.39, 0.29) is 17.0 Å². The summed E-state index contributed by atoms with van der Waals surface area (Å²) >= 11 is 0. The van der Waals surface area contributed by atoms with Gasteiger partial charge in [0.25, 0.3) is 11.6 Å². The molecule has 0 bridgehead atoms. The van der Waals surface area contributed by atoms with Crippen LogP contribution in [0.5, 0.6) is 0 Å². The summed E-state index contributed by atoms with van der Waals surface area (Å²) in [6, 6.07) is 10.4. The highest BCUT2D eigenvalue weighted by Crippen LogP contribution is 2.28. The van der Waals surface area contributed by atoms with Gasteiger partial charge >= 0.3 is 5.97 Å². The van der Waals surface area contributed by atoms with Gasteiger partial charge in [0.2, 0.25) is 0 Å². The molecule has 0 saturated heterocycles. The number of benzene rings is 2. The summed E-state index contributed by atoms with van der Waals surface area (Å²) in [7, 11) is 3.29. The number of Topliss-reactive ketones (excluding diaryl/α,β-unsaturated/α-hetero) is 1. The predicted molar refractivity (Wildman–Crippen MR) is 107 cm³/mol. The normalized spacial score (nSPS) is 11.3. The number of hydrogen-bond acceptors (Lipinski definition) is 7. The molecule has 0 radical (unpaired) electrons. The van der Waals surface area contributed by atoms with Crippen molar-refractivity contribution in [1.29, 1.82) is 0 Å². The first kappa shape index (κ1) is 21.5. The lowest BCUT2D eigenvalue weighted by Gasteiger charge is -2.16. The van der Waals surface area contributed by atoms with E-state index >= 15 is 0 Å². The Kier molecular flexibility index (Phi) is 6.66. The molecule has 9 nitrogen and oxygen atoms in total. The monoisotopic (exact) mass is 399 g/mol. The average Bonchev–Trinajstić information content (AvgIpc) is 2.67. The van der Waals surface area contributed by atoms with E-state index in [1.165, 1.54) is 26.0 Å². The Hall–Kier alpha value is -3.75. The van der Waals surface area contributed by atoms with Crippen LogP contribution in [0.3, 0.4) is 0 Å². The molecule has 29 heavy (non-hydrogen) atoms. The number of rotatable bonds is 7. The molecule has 152 valence electrons. The van der Waals surface area contributed by atoms with Gasteiger partial charge in [0.05, 0.1) is 16.2 Å². The average molecular weight is 399 g/mol. The Morgan fingerprint density at radius 1 is 1.14 bits per heavy atom. The van der Waals surface area contributed by atoms with Crippen LogP contribution in [0, 0.1) is 10.1 Å². The zero-order valence-electron chi connectivity index (χ0n) is 16.5. The van der Waals surface area contributed by atoms with Gasteiger partial charge in [-0.15, -0.1) is 0 Å². The van der Waals surface area contributed by atoms with Gasteiger partial charge in [-0.05, 0) is 38.1 Å². The van der Waals surface area contributed by atoms with Crippen LogP contribution in [0.25, 0.3) is 0 Å². The van der Waals surface area contributed by atoms with Gasteiger partial charge in [-0.1, -0.05) is 12.1 Å². The maximum absolute atomic E-state index is 12.4. The molecule has 1 atom stereocenters. The fourth-order valence-electron chi connectivity index (χ4n) is 2.59. The van der Waals surface area contributed by atoms with Crippen LogP contribution in [0.1, 0.15) is 34.6 Å². The second-order valence-electron chi connectivity index (χ2n) is 6.49. The minimum atomic E-state index is -1.19. The second-order valence-corrected chi connectivity index (χ2v) is 6.49. The molecule has 0 aromatic heterocycles. The second kappa shape index (κ2) is 8.96. The van der Waals surface area contributed by atoms with Crippen LogP contribution in [-0.4, -0.2) is 42.8 Å². The molecule has 2 aromatic carbocycles. The fraction of sp³-hybridized carbons (Fsp3) is 0.250. The summed E-state index contributed by atoms with van der Waals surface area (Å²) in [5, 5.41) is 13.8. The highest BCUT2D eigenvalue weighted by molar-refractivity contribution is 6.05. The Bertz CT molecular complexity index is 970. The van der Waals surface area contributed by atoms with Gasteiger partial charge in [-0.2, -0.15) is 0 Å². The van der Waals surface area contributed by atoms with Gasteiger partial charge in [0.1, 0.15) is 5.69 Å². The van der Waals surface area contributed by atoms with Crippen molar-refractivity contribution in [2.75, 3.05) is 24.3 Å². The quantitative estimate of drug-likeness (QED) is 0.329. The molecule has 0 heterocycles. The van der Waals surface area contributed by atoms with E-state index in [4.69, 9.17) is 4.74 Å². The molecule has 0 spiro atoms. The third kappa shape index (κ3) is 5.16. The molecule has 2 aromatic rings. The lowest BCUT2D eigenvalue weighted by molar-refractivity contribution is -0.384. The van der Waals surface area contributed by atoms with Crippen molar-refractivity contribution in [2.45, 2.75) is 20.0 Å². The van der Waals surface area contributed by atoms with Crippen LogP contribution >= 0.6 is 0 Å². The number of carbonyl (C=O) groups is 3. The summed E-state index contributed by atoms with van der Waals surface area (Å²) in [5.41, 5.74) is 0.661. The van der Waals surface area contributed by atoms with E-state index in [1.807, 2.05) is 0 Å². The molecule has 2 rings (SSSR count). The number of nitro benzene ring substituents is 1. The number of nitrogens with one attached hydrogen (secondary N) is 1. The lowest BCUT2D eigenvalue weighted by atomic mass is 10.1. The molecule has 1 unspecified atom stereocenters. The standard InChI is InChI=1S/C20H21N3O6/c1-12(24)15-7-5-6-8-16(15)21-19(25)13(2)29-20(26)14-9-10-17(22(3)4)18(11-14)23(27)28/h5-11,13H,1-4H3,(H,21,25). The van der Waals surface area contributed by atoms with Crippen molar-refractivity contribution in [3.8, 4) is 0 Å². The topological polar surface area (TPSA) is 119 Å². The summed E-state index contributed by atoms with van der Waals surface area (Å²) in [6.45, 7) is 2.74. The van der Waals surface area contributed by atoms with Crippen LogP contribution in [-0.2, 0) is 9.53 Å². The van der Waals surface area contributed by atoms with E-state index in [9.17, 15) is 24.5 Å². The molecule has 9 heteroatoms. The first-order valence-electron chi connectivity index (χ1n) is 8.69. The summed E-state index contributed by atoms with van der Waals surface area (Å²) in [5.74, 6) is -1.73. The Balaban J connectivity index is 2.14. The van der Waals surface area contributed by atoms with E-state index < -0.39 is 22.9 Å². The van der Waals surface area contributed by atoms with Gasteiger partial charge in [0.15, 0.2) is 11.9 Å². The zero-order valence-corrected chi connectivity index (χ0v) is 16.5. The van der Waals surface area contributed by atoms with Gasteiger partial charge < -0.3 is 15.0 Å². The smallest absolute Gasteiger partial charge is 0.339 e. The number of nitro groups is 1. The molecule has 1 N–H and O–H groups in total. The Morgan fingerprint density at radius 3 is 2.38 bits per heavy atom. The van der Waals surface area contributed by atoms with Crippen LogP contribution < -0.4 is 10.2 Å². The van der Waals surface area contributed by atoms with E-state index in [2.05, 4.69) is 5.32 Å². The largest absolute Gasteiger partial charge is 0.449 e.